The number of azo groups is 1. The Morgan fingerprint density at radius 1 is 0.765 bits per heavy atom. The van der Waals surface area contributed by atoms with Crippen molar-refractivity contribution in [3.63, 3.8) is 0 Å². The van der Waals surface area contributed by atoms with Crippen LogP contribution < -0.4 is 9.47 Å². The summed E-state index contributed by atoms with van der Waals surface area (Å²) in [5, 5.41) is 17.3. The van der Waals surface area contributed by atoms with Gasteiger partial charge in [-0.3, -0.25) is 4.79 Å². The minimum absolute atomic E-state index is 0.0412. The topological polar surface area (TPSA) is 80.5 Å². The molecule has 6 nitrogen and oxygen atoms in total. The van der Waals surface area contributed by atoms with Gasteiger partial charge in [-0.25, -0.2) is 0 Å². The van der Waals surface area contributed by atoms with Crippen molar-refractivity contribution in [3.8, 4) is 11.5 Å². The van der Waals surface area contributed by atoms with Gasteiger partial charge < -0.3 is 14.6 Å². The number of carbonyl (C=O) groups is 1. The molecule has 0 aliphatic carbocycles. The maximum atomic E-state index is 10.7. The van der Waals surface area contributed by atoms with Gasteiger partial charge in [0, 0.05) is 0 Å². The van der Waals surface area contributed by atoms with Crippen LogP contribution in [-0.4, -0.2) is 23.8 Å². The summed E-state index contributed by atoms with van der Waals surface area (Å²) in [6.07, 6.45) is 12.7. The molecular weight excluding hydrogens is 428 g/mol. The summed E-state index contributed by atoms with van der Waals surface area (Å²) in [4.78, 5) is 10.7. The van der Waals surface area contributed by atoms with E-state index in [0.717, 1.165) is 24.5 Å². The van der Waals surface area contributed by atoms with E-state index in [-0.39, 0.29) is 6.42 Å². The molecule has 186 valence electrons. The maximum Gasteiger partial charge on any atom is 0.307 e. The molecule has 0 aromatic heterocycles. The van der Waals surface area contributed by atoms with Crippen molar-refractivity contribution in [2.75, 3.05) is 6.61 Å². The molecule has 6 heteroatoms. The van der Waals surface area contributed by atoms with Crippen LogP contribution in [0.3, 0.4) is 0 Å². The molecule has 1 N–H and O–H groups in total. The fraction of sp³-hybridized carbons (Fsp3) is 0.536. The zero-order valence-electron chi connectivity index (χ0n) is 20.7. The van der Waals surface area contributed by atoms with E-state index in [0.29, 0.717) is 11.4 Å². The number of benzene rings is 2. The molecule has 1 unspecified atom stereocenters. The Hall–Kier alpha value is -2.89. The SMILES string of the molecule is CCCCCCCCCCCCOc1ccc(N=Nc2ccc(OC(C)CC(=O)O)cc2)cc1. The van der Waals surface area contributed by atoms with Gasteiger partial charge in [0.15, 0.2) is 0 Å². The van der Waals surface area contributed by atoms with Crippen molar-refractivity contribution in [3.05, 3.63) is 48.5 Å². The highest BCUT2D eigenvalue weighted by Gasteiger charge is 2.08. The summed E-state index contributed by atoms with van der Waals surface area (Å²) >= 11 is 0. The Bertz CT molecular complexity index is 834. The third kappa shape index (κ3) is 12.4. The van der Waals surface area contributed by atoms with Gasteiger partial charge in [0.05, 0.1) is 24.4 Å². The number of aliphatic carboxylic acids is 1. The number of ether oxygens (including phenoxy) is 2. The second-order valence-electron chi connectivity index (χ2n) is 8.74. The molecule has 2 aromatic rings. The molecule has 0 fully saturated rings. The predicted octanol–water partition coefficient (Wildman–Crippen LogP) is 8.64. The van der Waals surface area contributed by atoms with Gasteiger partial charge in [0.2, 0.25) is 0 Å². The van der Waals surface area contributed by atoms with E-state index in [4.69, 9.17) is 14.6 Å². The summed E-state index contributed by atoms with van der Waals surface area (Å²) in [5.74, 6) is 0.580. The highest BCUT2D eigenvalue weighted by Crippen LogP contribution is 2.24. The van der Waals surface area contributed by atoms with Crippen LogP contribution in [-0.2, 0) is 4.79 Å². The third-order valence-corrected chi connectivity index (χ3v) is 5.52. The van der Waals surface area contributed by atoms with Crippen molar-refractivity contribution < 1.29 is 19.4 Å². The van der Waals surface area contributed by atoms with Crippen LogP contribution in [0, 0.1) is 0 Å². The molecule has 2 aromatic carbocycles. The summed E-state index contributed by atoms with van der Waals surface area (Å²) < 4.78 is 11.4. The lowest BCUT2D eigenvalue weighted by Crippen LogP contribution is -2.16. The first-order valence-electron chi connectivity index (χ1n) is 12.7. The van der Waals surface area contributed by atoms with Crippen LogP contribution in [0.4, 0.5) is 11.4 Å². The predicted molar refractivity (Wildman–Crippen MR) is 137 cm³/mol. The molecule has 0 saturated carbocycles. The molecule has 0 bridgehead atoms. The standard InChI is InChI=1S/C28H40N2O4/c1-3-4-5-6-7-8-9-10-11-12-21-33-26-17-13-24(14-18-26)29-30-25-15-19-27(20-16-25)34-23(2)22-28(31)32/h13-20,23H,3-12,21-22H2,1-2H3,(H,31,32). The van der Waals surface area contributed by atoms with Crippen LogP contribution >= 0.6 is 0 Å². The van der Waals surface area contributed by atoms with Gasteiger partial charge in [-0.05, 0) is 61.9 Å². The largest absolute Gasteiger partial charge is 0.494 e. The Morgan fingerprint density at radius 3 is 1.74 bits per heavy atom. The highest BCUT2D eigenvalue weighted by atomic mass is 16.5. The van der Waals surface area contributed by atoms with Gasteiger partial charge in [-0.15, -0.1) is 0 Å². The minimum atomic E-state index is -0.881. The summed E-state index contributed by atoms with van der Waals surface area (Å²) in [6.45, 7) is 4.74. The van der Waals surface area contributed by atoms with E-state index in [9.17, 15) is 4.79 Å². The zero-order chi connectivity index (χ0) is 24.4. The van der Waals surface area contributed by atoms with Crippen molar-refractivity contribution in [1.82, 2.24) is 0 Å². The van der Waals surface area contributed by atoms with Gasteiger partial charge in [-0.1, -0.05) is 64.7 Å². The molecule has 0 aliphatic rings. The molecule has 0 spiro atoms. The highest BCUT2D eigenvalue weighted by molar-refractivity contribution is 5.67. The lowest BCUT2D eigenvalue weighted by molar-refractivity contribution is -0.138. The number of hydrogen-bond donors (Lipinski definition) is 1. The maximum absolute atomic E-state index is 10.7. The average Bonchev–Trinajstić information content (AvgIpc) is 2.82. The Morgan fingerprint density at radius 2 is 1.24 bits per heavy atom. The Balaban J connectivity index is 1.61. The first-order valence-corrected chi connectivity index (χ1v) is 12.7. The molecule has 0 saturated heterocycles. The van der Waals surface area contributed by atoms with Crippen molar-refractivity contribution in [1.29, 1.82) is 0 Å². The normalized spacial score (nSPS) is 12.1. The lowest BCUT2D eigenvalue weighted by atomic mass is 10.1. The first kappa shape index (κ1) is 27.4. The molecule has 0 heterocycles. The van der Waals surface area contributed by atoms with E-state index in [2.05, 4.69) is 17.2 Å². The summed E-state index contributed by atoms with van der Waals surface area (Å²) in [5.41, 5.74) is 1.45. The van der Waals surface area contributed by atoms with Gasteiger partial charge in [0.25, 0.3) is 0 Å². The molecule has 1 atom stereocenters. The van der Waals surface area contributed by atoms with Gasteiger partial charge in [0.1, 0.15) is 17.6 Å². The fourth-order valence-electron chi connectivity index (χ4n) is 3.62. The van der Waals surface area contributed by atoms with Crippen LogP contribution in [0.15, 0.2) is 58.8 Å². The van der Waals surface area contributed by atoms with Gasteiger partial charge >= 0.3 is 5.97 Å². The number of hydrogen-bond acceptors (Lipinski definition) is 5. The van der Waals surface area contributed by atoms with Crippen molar-refractivity contribution >= 4 is 17.3 Å². The van der Waals surface area contributed by atoms with Crippen LogP contribution in [0.2, 0.25) is 0 Å². The van der Waals surface area contributed by atoms with E-state index in [1.54, 1.807) is 31.2 Å². The molecule has 0 aliphatic heterocycles. The molecule has 0 radical (unpaired) electrons. The first-order chi connectivity index (χ1) is 16.6. The van der Waals surface area contributed by atoms with Crippen LogP contribution in [0.5, 0.6) is 11.5 Å². The zero-order valence-corrected chi connectivity index (χ0v) is 20.7. The molecule has 2 rings (SSSR count). The van der Waals surface area contributed by atoms with Gasteiger partial charge in [-0.2, -0.15) is 10.2 Å². The van der Waals surface area contributed by atoms with Crippen LogP contribution in [0.1, 0.15) is 84.5 Å². The minimum Gasteiger partial charge on any atom is -0.494 e. The Kier molecular flexibility index (Phi) is 13.4. The molecular formula is C28H40N2O4. The van der Waals surface area contributed by atoms with E-state index < -0.39 is 12.1 Å². The Labute approximate surface area is 204 Å². The van der Waals surface area contributed by atoms with Crippen molar-refractivity contribution in [2.45, 2.75) is 90.6 Å². The lowest BCUT2D eigenvalue weighted by Gasteiger charge is -2.12. The second-order valence-corrected chi connectivity index (χ2v) is 8.74. The number of unbranched alkanes of at least 4 members (excludes halogenated alkanes) is 9. The third-order valence-electron chi connectivity index (χ3n) is 5.52. The average molecular weight is 469 g/mol. The molecule has 34 heavy (non-hydrogen) atoms. The number of carboxylic acid groups (broad SMARTS) is 1. The van der Waals surface area contributed by atoms with E-state index in [1.165, 1.54) is 57.8 Å². The molecule has 0 amide bonds. The smallest absolute Gasteiger partial charge is 0.307 e. The number of nitrogens with zero attached hydrogens (tertiary/aromatic N) is 2. The summed E-state index contributed by atoms with van der Waals surface area (Å²) in [6, 6.07) is 14.7. The van der Waals surface area contributed by atoms with E-state index in [1.807, 2.05) is 24.3 Å². The van der Waals surface area contributed by atoms with Crippen LogP contribution in [0.25, 0.3) is 0 Å². The quantitative estimate of drug-likeness (QED) is 0.175. The number of rotatable bonds is 18. The number of carboxylic acids is 1. The van der Waals surface area contributed by atoms with E-state index >= 15 is 0 Å². The monoisotopic (exact) mass is 468 g/mol. The second kappa shape index (κ2) is 16.7. The fourth-order valence-corrected chi connectivity index (χ4v) is 3.62. The summed E-state index contributed by atoms with van der Waals surface area (Å²) in [7, 11) is 0. The van der Waals surface area contributed by atoms with Crippen molar-refractivity contribution in [2.24, 2.45) is 10.2 Å².